The van der Waals surface area contributed by atoms with Crippen molar-refractivity contribution in [2.24, 2.45) is 0 Å². The molecule has 0 radical (unpaired) electrons. The van der Waals surface area contributed by atoms with Crippen molar-refractivity contribution in [1.82, 2.24) is 10.2 Å². The molecule has 0 bridgehead atoms. The number of amides is 2. The number of hydrogen-bond donors (Lipinski definition) is 5. The van der Waals surface area contributed by atoms with Crippen LogP contribution in [0.15, 0.2) is 97.1 Å². The number of rotatable bonds is 14. The third-order valence-electron chi connectivity index (χ3n) is 9.53. The second kappa shape index (κ2) is 17.6. The minimum Gasteiger partial charge on any atom is -0.397 e. The van der Waals surface area contributed by atoms with E-state index in [1.165, 1.54) is 0 Å². The maximum Gasteiger partial charge on any atom is 0.224 e. The molecular formula is C41H48N4O6. The van der Waals surface area contributed by atoms with E-state index in [2.05, 4.69) is 33.7 Å². The molecule has 2 fully saturated rings. The Morgan fingerprint density at radius 2 is 1.57 bits per heavy atom. The number of nitrogens with two attached hydrogens (primary N) is 1. The summed E-state index contributed by atoms with van der Waals surface area (Å²) in [4.78, 5) is 27.1. The van der Waals surface area contributed by atoms with Gasteiger partial charge in [0.25, 0.3) is 0 Å². The number of para-hydroxylation sites is 2. The number of anilines is 2. The highest BCUT2D eigenvalue weighted by Crippen LogP contribution is 2.39. The fourth-order valence-corrected chi connectivity index (χ4v) is 6.71. The summed E-state index contributed by atoms with van der Waals surface area (Å²) in [6.07, 6.45) is 2.19. The number of nitrogens with one attached hydrogen (secondary N) is 2. The van der Waals surface area contributed by atoms with Crippen molar-refractivity contribution >= 4 is 23.2 Å². The highest BCUT2D eigenvalue weighted by atomic mass is 16.7. The third kappa shape index (κ3) is 10.2. The summed E-state index contributed by atoms with van der Waals surface area (Å²) in [6, 6.07) is 31.3. The van der Waals surface area contributed by atoms with E-state index in [0.29, 0.717) is 56.6 Å². The average molecular weight is 693 g/mol. The minimum atomic E-state index is -0.580. The number of aliphatic hydroxyl groups excluding tert-OH is 2. The normalized spacial score (nSPS) is 20.6. The number of carbonyl (C=O) groups excluding carboxylic acids is 2. The maximum absolute atomic E-state index is 12.6. The van der Waals surface area contributed by atoms with Crippen LogP contribution in [-0.4, -0.2) is 58.8 Å². The van der Waals surface area contributed by atoms with Crippen LogP contribution in [0.25, 0.3) is 11.1 Å². The zero-order chi connectivity index (χ0) is 35.6. The fraction of sp³-hybridized carbons (Fsp3) is 0.366. The predicted molar refractivity (Wildman–Crippen MR) is 197 cm³/mol. The Morgan fingerprint density at radius 3 is 2.31 bits per heavy atom. The molecule has 0 unspecified atom stereocenters. The Kier molecular flexibility index (Phi) is 12.5. The summed E-state index contributed by atoms with van der Waals surface area (Å²) >= 11 is 0. The lowest BCUT2D eigenvalue weighted by atomic mass is 9.98. The van der Waals surface area contributed by atoms with E-state index in [0.717, 1.165) is 52.9 Å². The third-order valence-corrected chi connectivity index (χ3v) is 9.53. The van der Waals surface area contributed by atoms with Gasteiger partial charge in [0.1, 0.15) is 0 Å². The summed E-state index contributed by atoms with van der Waals surface area (Å²) in [6.45, 7) is 2.61. The van der Waals surface area contributed by atoms with Gasteiger partial charge in [-0.25, -0.2) is 0 Å². The standard InChI is InChI=1S/C41H48N4O6/c42-36-11-1-2-12-37(36)44-40(49)14-4-3-13-39(48)43-24-29-7-5-8-31(21-29)32-9-6-10-33(22-32)41-50-35(26-45-20-19-34(47)25-45)23-38(51-41)30-17-15-28(27-46)16-18-30/h1-2,5-12,15-18,21-22,34-35,38,41,46-47H,3-4,13-14,19-20,23-27,42H2,(H,43,48)(H,44,49)/t34-,35+,38-,41-/m0/s1. The maximum atomic E-state index is 12.6. The molecule has 2 saturated heterocycles. The Labute approximate surface area is 299 Å². The first-order valence-corrected chi connectivity index (χ1v) is 17.8. The number of β-amino-alcohol motifs (C(OH)–C–C–N with tert-alkyl or cyclic N) is 1. The van der Waals surface area contributed by atoms with E-state index in [1.807, 2.05) is 66.7 Å². The Morgan fingerprint density at radius 1 is 0.824 bits per heavy atom. The lowest BCUT2D eigenvalue weighted by Crippen LogP contribution is -2.38. The van der Waals surface area contributed by atoms with E-state index < -0.39 is 6.29 Å². The SMILES string of the molecule is Nc1ccccc1NC(=O)CCCCC(=O)NCc1cccc(-c2cccc([C@H]3O[C@@H](CN4CC[C@H](O)C4)C[C@@H](c4ccc(CO)cc4)O3)c2)c1. The second-order valence-electron chi connectivity index (χ2n) is 13.5. The molecule has 10 heteroatoms. The van der Waals surface area contributed by atoms with Crippen LogP contribution >= 0.6 is 0 Å². The predicted octanol–water partition coefficient (Wildman–Crippen LogP) is 5.86. The molecule has 268 valence electrons. The number of likely N-dealkylation sites (tertiary alicyclic amines) is 1. The average Bonchev–Trinajstić information content (AvgIpc) is 3.57. The largest absolute Gasteiger partial charge is 0.397 e. The van der Waals surface area contributed by atoms with Gasteiger partial charge in [-0.2, -0.15) is 0 Å². The van der Waals surface area contributed by atoms with Gasteiger partial charge in [-0.15, -0.1) is 0 Å². The molecule has 6 rings (SSSR count). The monoisotopic (exact) mass is 692 g/mol. The minimum absolute atomic E-state index is 0.00813. The van der Waals surface area contributed by atoms with Crippen molar-refractivity contribution in [2.75, 3.05) is 30.7 Å². The van der Waals surface area contributed by atoms with E-state index >= 15 is 0 Å². The van der Waals surface area contributed by atoms with Crippen LogP contribution in [0.5, 0.6) is 0 Å². The molecule has 2 aliphatic rings. The molecule has 0 aliphatic carbocycles. The number of benzene rings is 4. The molecule has 6 N–H and O–H groups in total. The van der Waals surface area contributed by atoms with Gasteiger partial charge in [0.05, 0.1) is 36.3 Å². The van der Waals surface area contributed by atoms with Crippen molar-refractivity contribution in [2.45, 2.75) is 76.3 Å². The summed E-state index contributed by atoms with van der Waals surface area (Å²) < 4.78 is 13.2. The van der Waals surface area contributed by atoms with E-state index in [4.69, 9.17) is 15.2 Å². The van der Waals surface area contributed by atoms with Gasteiger partial charge in [0.2, 0.25) is 11.8 Å². The van der Waals surface area contributed by atoms with Gasteiger partial charge in [-0.05, 0) is 71.3 Å². The van der Waals surface area contributed by atoms with Gasteiger partial charge >= 0.3 is 0 Å². The molecule has 10 nitrogen and oxygen atoms in total. The van der Waals surface area contributed by atoms with Crippen LogP contribution in [0.1, 0.15) is 73.2 Å². The molecule has 4 aromatic carbocycles. The Bertz CT molecular complexity index is 1770. The number of ether oxygens (including phenoxy) is 2. The van der Waals surface area contributed by atoms with Crippen molar-refractivity contribution in [1.29, 1.82) is 0 Å². The highest BCUT2D eigenvalue weighted by Gasteiger charge is 2.34. The Hall–Kier alpha value is -4.58. The molecule has 0 aromatic heterocycles. The van der Waals surface area contributed by atoms with E-state index in [-0.39, 0.29) is 36.7 Å². The molecule has 2 aliphatic heterocycles. The zero-order valence-corrected chi connectivity index (χ0v) is 28.9. The first-order chi connectivity index (χ1) is 24.8. The van der Waals surface area contributed by atoms with Gasteiger partial charge in [0, 0.05) is 51.0 Å². The first kappa shape index (κ1) is 36.2. The van der Waals surface area contributed by atoms with Crippen LogP contribution in [0.2, 0.25) is 0 Å². The van der Waals surface area contributed by atoms with Crippen molar-refractivity contribution < 1.29 is 29.3 Å². The van der Waals surface area contributed by atoms with Crippen LogP contribution < -0.4 is 16.4 Å². The zero-order valence-electron chi connectivity index (χ0n) is 28.9. The van der Waals surface area contributed by atoms with Crippen molar-refractivity contribution in [3.05, 3.63) is 119 Å². The fourth-order valence-electron chi connectivity index (χ4n) is 6.71. The van der Waals surface area contributed by atoms with Crippen molar-refractivity contribution in [3.63, 3.8) is 0 Å². The molecule has 0 spiro atoms. The number of hydrogen-bond acceptors (Lipinski definition) is 8. The molecule has 4 atom stereocenters. The molecular weight excluding hydrogens is 644 g/mol. The summed E-state index contributed by atoms with van der Waals surface area (Å²) in [5, 5.41) is 25.5. The summed E-state index contributed by atoms with van der Waals surface area (Å²) in [7, 11) is 0. The smallest absolute Gasteiger partial charge is 0.224 e. The quantitative estimate of drug-likeness (QED) is 0.0817. The molecule has 4 aromatic rings. The van der Waals surface area contributed by atoms with Crippen LogP contribution in [0.3, 0.4) is 0 Å². The number of aliphatic hydroxyl groups is 2. The van der Waals surface area contributed by atoms with Crippen LogP contribution in [0.4, 0.5) is 11.4 Å². The number of carbonyl (C=O) groups is 2. The van der Waals surface area contributed by atoms with Gasteiger partial charge in [0.15, 0.2) is 6.29 Å². The van der Waals surface area contributed by atoms with Gasteiger partial charge in [-0.3, -0.25) is 14.5 Å². The highest BCUT2D eigenvalue weighted by molar-refractivity contribution is 5.93. The molecule has 2 heterocycles. The molecule has 2 amide bonds. The second-order valence-corrected chi connectivity index (χ2v) is 13.5. The lowest BCUT2D eigenvalue weighted by Gasteiger charge is -2.38. The van der Waals surface area contributed by atoms with Gasteiger partial charge in [-0.1, -0.05) is 72.8 Å². The Balaban J connectivity index is 1.04. The number of unbranched alkanes of at least 4 members (excludes halogenated alkanes) is 1. The van der Waals surface area contributed by atoms with Gasteiger partial charge < -0.3 is 36.1 Å². The van der Waals surface area contributed by atoms with Crippen LogP contribution in [0, 0.1) is 0 Å². The van der Waals surface area contributed by atoms with Crippen molar-refractivity contribution in [3.8, 4) is 11.1 Å². The van der Waals surface area contributed by atoms with Crippen LogP contribution in [-0.2, 0) is 32.2 Å². The van der Waals surface area contributed by atoms with E-state index in [9.17, 15) is 19.8 Å². The first-order valence-electron chi connectivity index (χ1n) is 17.8. The lowest BCUT2D eigenvalue weighted by molar-refractivity contribution is -0.252. The number of nitrogens with zero attached hydrogens (tertiary/aromatic N) is 1. The molecule has 51 heavy (non-hydrogen) atoms. The van der Waals surface area contributed by atoms with E-state index in [1.54, 1.807) is 12.1 Å². The molecule has 0 saturated carbocycles. The topological polar surface area (TPSA) is 146 Å². The number of nitrogen functional groups attached to an aromatic ring is 1. The summed E-state index contributed by atoms with van der Waals surface area (Å²) in [5.41, 5.74) is 12.8. The summed E-state index contributed by atoms with van der Waals surface area (Å²) in [5.74, 6) is -0.174.